The van der Waals surface area contributed by atoms with Gasteiger partial charge in [-0.05, 0) is 37.8 Å². The molecule has 0 bridgehead atoms. The Kier molecular flexibility index (Phi) is 4.00. The Morgan fingerprint density at radius 1 is 1.00 bits per heavy atom. The fourth-order valence-corrected chi connectivity index (χ4v) is 2.09. The van der Waals surface area contributed by atoms with E-state index < -0.39 is 0 Å². The van der Waals surface area contributed by atoms with Gasteiger partial charge in [0.2, 0.25) is 0 Å². The van der Waals surface area contributed by atoms with Crippen molar-refractivity contribution >= 4 is 5.69 Å². The van der Waals surface area contributed by atoms with Gasteiger partial charge in [-0.3, -0.25) is 0 Å². The number of aliphatic hydroxyl groups excluding tert-OH is 1. The molecule has 0 aliphatic heterocycles. The van der Waals surface area contributed by atoms with Crippen LogP contribution in [0.2, 0.25) is 0 Å². The van der Waals surface area contributed by atoms with Gasteiger partial charge in [-0.25, -0.2) is 0 Å². The Morgan fingerprint density at radius 2 is 1.69 bits per heavy atom. The Morgan fingerprint density at radius 3 is 2.44 bits per heavy atom. The zero-order valence-corrected chi connectivity index (χ0v) is 9.47. The quantitative estimate of drug-likeness (QED) is 0.746. The number of hydrogen-bond donors (Lipinski definition) is 2. The molecular formula is C14H19NO. The molecule has 1 aliphatic rings. The number of hydrogen-bond acceptors (Lipinski definition) is 2. The summed E-state index contributed by atoms with van der Waals surface area (Å²) in [5.74, 6) is 0. The highest BCUT2D eigenvalue weighted by atomic mass is 16.3. The highest BCUT2D eigenvalue weighted by Gasteiger charge is 2.18. The van der Waals surface area contributed by atoms with Crippen molar-refractivity contribution in [3.63, 3.8) is 0 Å². The van der Waals surface area contributed by atoms with E-state index >= 15 is 0 Å². The third kappa shape index (κ3) is 3.11. The second-order valence-corrected chi connectivity index (χ2v) is 4.31. The van der Waals surface area contributed by atoms with Crippen molar-refractivity contribution < 1.29 is 5.11 Å². The average Bonchev–Trinajstić information content (AvgIpc) is 2.30. The van der Waals surface area contributed by atoms with Gasteiger partial charge in [0.15, 0.2) is 0 Å². The lowest BCUT2D eigenvalue weighted by Gasteiger charge is -2.25. The monoisotopic (exact) mass is 217 g/mol. The van der Waals surface area contributed by atoms with Crippen LogP contribution in [-0.4, -0.2) is 17.3 Å². The van der Waals surface area contributed by atoms with Crippen LogP contribution in [0.5, 0.6) is 0 Å². The molecule has 2 rings (SSSR count). The Hall–Kier alpha value is -1.28. The van der Waals surface area contributed by atoms with Crippen molar-refractivity contribution in [3.05, 3.63) is 42.5 Å². The third-order valence-electron chi connectivity index (χ3n) is 3.03. The van der Waals surface area contributed by atoms with E-state index in [1.54, 1.807) is 0 Å². The lowest BCUT2D eigenvalue weighted by Crippen LogP contribution is -2.33. The molecular weight excluding hydrogens is 198 g/mol. The molecule has 0 spiro atoms. The van der Waals surface area contributed by atoms with Crippen molar-refractivity contribution in [3.8, 4) is 0 Å². The van der Waals surface area contributed by atoms with E-state index in [0.29, 0.717) is 0 Å². The van der Waals surface area contributed by atoms with Crippen LogP contribution in [0.15, 0.2) is 42.5 Å². The number of aliphatic hydroxyl groups is 1. The van der Waals surface area contributed by atoms with Gasteiger partial charge in [0.1, 0.15) is 0 Å². The first kappa shape index (κ1) is 11.2. The van der Waals surface area contributed by atoms with E-state index in [1.807, 2.05) is 30.3 Å². The lowest BCUT2D eigenvalue weighted by atomic mass is 9.98. The number of allylic oxidation sites excluding steroid dienone is 2. The maximum atomic E-state index is 10.0. The summed E-state index contributed by atoms with van der Waals surface area (Å²) in [6, 6.07) is 10.3. The summed E-state index contributed by atoms with van der Waals surface area (Å²) >= 11 is 0. The topological polar surface area (TPSA) is 32.3 Å². The SMILES string of the molecule is O[C@H]1CC/C=C\CC[C@@H]1Nc1ccccc1. The molecule has 2 atom stereocenters. The molecule has 1 aromatic rings. The van der Waals surface area contributed by atoms with Crippen LogP contribution in [0.1, 0.15) is 25.7 Å². The molecule has 0 fully saturated rings. The first-order valence-corrected chi connectivity index (χ1v) is 6.01. The van der Waals surface area contributed by atoms with Gasteiger partial charge in [0.05, 0.1) is 12.1 Å². The molecule has 0 heterocycles. The first-order chi connectivity index (χ1) is 7.86. The smallest absolute Gasteiger partial charge is 0.0744 e. The van der Waals surface area contributed by atoms with Gasteiger partial charge < -0.3 is 10.4 Å². The molecule has 0 saturated carbocycles. The fourth-order valence-electron chi connectivity index (χ4n) is 2.09. The molecule has 0 radical (unpaired) electrons. The van der Waals surface area contributed by atoms with Crippen LogP contribution < -0.4 is 5.32 Å². The minimum Gasteiger partial charge on any atom is -0.391 e. The van der Waals surface area contributed by atoms with Crippen LogP contribution in [0, 0.1) is 0 Å². The summed E-state index contributed by atoms with van der Waals surface area (Å²) in [5, 5.41) is 13.5. The molecule has 2 nitrogen and oxygen atoms in total. The maximum absolute atomic E-state index is 10.0. The highest BCUT2D eigenvalue weighted by Crippen LogP contribution is 2.18. The molecule has 2 heteroatoms. The van der Waals surface area contributed by atoms with Crippen LogP contribution in [0.4, 0.5) is 5.69 Å². The summed E-state index contributed by atoms with van der Waals surface area (Å²) in [4.78, 5) is 0. The summed E-state index contributed by atoms with van der Waals surface area (Å²) in [5.41, 5.74) is 1.09. The predicted molar refractivity (Wildman–Crippen MR) is 67.5 cm³/mol. The Labute approximate surface area is 97.0 Å². The molecule has 0 aromatic heterocycles. The summed E-state index contributed by atoms with van der Waals surface area (Å²) in [6.07, 6.45) is 8.00. The molecule has 86 valence electrons. The van der Waals surface area contributed by atoms with E-state index in [1.165, 1.54) is 0 Å². The van der Waals surface area contributed by atoms with Crippen molar-refractivity contribution in [2.45, 2.75) is 37.8 Å². The van der Waals surface area contributed by atoms with Crippen LogP contribution in [0.25, 0.3) is 0 Å². The molecule has 0 amide bonds. The highest BCUT2D eigenvalue weighted by molar-refractivity contribution is 5.43. The van der Waals surface area contributed by atoms with E-state index in [4.69, 9.17) is 0 Å². The standard InChI is InChI=1S/C14H19NO/c16-14-11-7-2-1-6-10-13(14)15-12-8-4-3-5-9-12/h1-5,8-9,13-16H,6-7,10-11H2/b2-1-/t13-,14-/m0/s1. The lowest BCUT2D eigenvalue weighted by molar-refractivity contribution is 0.139. The van der Waals surface area contributed by atoms with E-state index in [9.17, 15) is 5.11 Å². The number of rotatable bonds is 2. The van der Waals surface area contributed by atoms with E-state index in [-0.39, 0.29) is 12.1 Å². The van der Waals surface area contributed by atoms with Gasteiger partial charge in [0, 0.05) is 5.69 Å². The van der Waals surface area contributed by atoms with Crippen molar-refractivity contribution in [2.75, 3.05) is 5.32 Å². The van der Waals surface area contributed by atoms with Crippen LogP contribution in [0.3, 0.4) is 0 Å². The molecule has 2 N–H and O–H groups in total. The summed E-state index contributed by atoms with van der Waals surface area (Å²) in [6.45, 7) is 0. The van der Waals surface area contributed by atoms with E-state index in [2.05, 4.69) is 17.5 Å². The number of anilines is 1. The zero-order chi connectivity index (χ0) is 11.2. The van der Waals surface area contributed by atoms with Gasteiger partial charge in [-0.15, -0.1) is 0 Å². The summed E-state index contributed by atoms with van der Waals surface area (Å²) in [7, 11) is 0. The third-order valence-corrected chi connectivity index (χ3v) is 3.03. The summed E-state index contributed by atoms with van der Waals surface area (Å²) < 4.78 is 0. The number of nitrogens with one attached hydrogen (secondary N) is 1. The predicted octanol–water partition coefficient (Wildman–Crippen LogP) is 2.96. The molecule has 1 aromatic carbocycles. The van der Waals surface area contributed by atoms with Crippen LogP contribution in [-0.2, 0) is 0 Å². The van der Waals surface area contributed by atoms with Crippen molar-refractivity contribution in [1.29, 1.82) is 0 Å². The minimum absolute atomic E-state index is 0.173. The van der Waals surface area contributed by atoms with E-state index in [0.717, 1.165) is 31.4 Å². The normalized spacial score (nSPS) is 27.8. The Balaban J connectivity index is 1.99. The van der Waals surface area contributed by atoms with Crippen molar-refractivity contribution in [2.24, 2.45) is 0 Å². The van der Waals surface area contributed by atoms with Crippen molar-refractivity contribution in [1.82, 2.24) is 0 Å². The number of benzene rings is 1. The Bertz CT molecular complexity index is 334. The van der Waals surface area contributed by atoms with Gasteiger partial charge in [-0.1, -0.05) is 30.4 Å². The van der Waals surface area contributed by atoms with Gasteiger partial charge in [0.25, 0.3) is 0 Å². The average molecular weight is 217 g/mol. The molecule has 1 aliphatic carbocycles. The minimum atomic E-state index is -0.245. The second kappa shape index (κ2) is 5.71. The molecule has 0 unspecified atom stereocenters. The first-order valence-electron chi connectivity index (χ1n) is 6.01. The molecule has 16 heavy (non-hydrogen) atoms. The molecule has 0 saturated heterocycles. The van der Waals surface area contributed by atoms with Gasteiger partial charge in [-0.2, -0.15) is 0 Å². The number of para-hydroxylation sites is 1. The maximum Gasteiger partial charge on any atom is 0.0744 e. The largest absolute Gasteiger partial charge is 0.391 e. The second-order valence-electron chi connectivity index (χ2n) is 4.31. The van der Waals surface area contributed by atoms with Crippen LogP contribution >= 0.6 is 0 Å². The fraction of sp³-hybridized carbons (Fsp3) is 0.429. The zero-order valence-electron chi connectivity index (χ0n) is 9.47. The van der Waals surface area contributed by atoms with Gasteiger partial charge >= 0.3 is 0 Å².